The average molecular weight is 444 g/mol. The largest absolute Gasteiger partial charge is 0.480 e. The van der Waals surface area contributed by atoms with Gasteiger partial charge in [0.25, 0.3) is 0 Å². The van der Waals surface area contributed by atoms with Gasteiger partial charge in [-0.15, -0.1) is 0 Å². The Morgan fingerprint density at radius 3 is 2.09 bits per heavy atom. The number of alkyl carbamates (subject to hydrolysis) is 1. The third kappa shape index (κ3) is 4.72. The lowest BCUT2D eigenvalue weighted by Gasteiger charge is -2.18. The van der Waals surface area contributed by atoms with E-state index in [1.165, 1.54) is 0 Å². The van der Waals surface area contributed by atoms with E-state index in [9.17, 15) is 19.5 Å². The molecule has 0 saturated heterocycles. The minimum Gasteiger partial charge on any atom is -0.480 e. The van der Waals surface area contributed by atoms with Crippen LogP contribution in [-0.2, 0) is 16.0 Å². The van der Waals surface area contributed by atoms with Gasteiger partial charge in [0.1, 0.15) is 12.6 Å². The van der Waals surface area contributed by atoms with Crippen LogP contribution < -0.4 is 11.1 Å². The van der Waals surface area contributed by atoms with Crippen LogP contribution in [0.15, 0.2) is 72.8 Å². The average Bonchev–Trinajstić information content (AvgIpc) is 3.14. The Kier molecular flexibility index (Phi) is 6.40. The molecule has 33 heavy (non-hydrogen) atoms. The van der Waals surface area contributed by atoms with Crippen molar-refractivity contribution in [3.05, 3.63) is 95.1 Å². The van der Waals surface area contributed by atoms with E-state index in [1.807, 2.05) is 48.5 Å². The summed E-state index contributed by atoms with van der Waals surface area (Å²) in [4.78, 5) is 35.7. The lowest BCUT2D eigenvalue weighted by molar-refractivity contribution is -0.139. The lowest BCUT2D eigenvalue weighted by atomic mass is 9.98. The number of fused-ring (bicyclic) bond motifs is 3. The third-order valence-electron chi connectivity index (χ3n) is 5.92. The number of nitrogens with two attached hydrogens (primary N) is 1. The lowest BCUT2D eigenvalue weighted by Crippen LogP contribution is -2.41. The number of benzene rings is 3. The van der Waals surface area contributed by atoms with Gasteiger partial charge in [-0.05, 0) is 46.7 Å². The van der Waals surface area contributed by atoms with Crippen LogP contribution in [0.4, 0.5) is 4.79 Å². The molecule has 4 rings (SSSR count). The number of carbonyl (C=O) groups is 3. The van der Waals surface area contributed by atoms with Gasteiger partial charge in [-0.1, -0.05) is 66.7 Å². The molecule has 4 N–H and O–H groups in total. The van der Waals surface area contributed by atoms with Crippen molar-refractivity contribution in [2.45, 2.75) is 24.8 Å². The highest BCUT2D eigenvalue weighted by Crippen LogP contribution is 2.44. The van der Waals surface area contributed by atoms with E-state index >= 15 is 0 Å². The molecule has 3 aromatic carbocycles. The number of carbonyl (C=O) groups excluding carboxylic acids is 2. The van der Waals surface area contributed by atoms with Crippen molar-refractivity contribution in [1.29, 1.82) is 0 Å². The van der Waals surface area contributed by atoms with Gasteiger partial charge >= 0.3 is 12.1 Å². The fraction of sp³-hybridized carbons (Fsp3) is 0.192. The van der Waals surface area contributed by atoms with Crippen LogP contribution in [0, 0.1) is 0 Å². The minimum atomic E-state index is -1.18. The molecule has 0 bridgehead atoms. The molecule has 1 aliphatic carbocycles. The molecule has 0 fully saturated rings. The predicted octanol–water partition coefficient (Wildman–Crippen LogP) is 3.71. The molecule has 0 heterocycles. The SMILES string of the molecule is NC(=O)c1ccccc1CC[C@H](NC(=O)OCC1c2ccccc2-c2ccccc21)C(=O)O. The molecule has 0 aliphatic heterocycles. The van der Waals surface area contributed by atoms with E-state index in [2.05, 4.69) is 5.32 Å². The monoisotopic (exact) mass is 444 g/mol. The van der Waals surface area contributed by atoms with Gasteiger partial charge in [0.2, 0.25) is 5.91 Å². The fourth-order valence-corrected chi connectivity index (χ4v) is 4.32. The van der Waals surface area contributed by atoms with Gasteiger partial charge in [0.15, 0.2) is 0 Å². The third-order valence-corrected chi connectivity index (χ3v) is 5.92. The van der Waals surface area contributed by atoms with Gasteiger partial charge in [-0.25, -0.2) is 9.59 Å². The van der Waals surface area contributed by atoms with Crippen LogP contribution >= 0.6 is 0 Å². The molecule has 0 unspecified atom stereocenters. The van der Waals surface area contributed by atoms with Crippen molar-refractivity contribution < 1.29 is 24.2 Å². The highest BCUT2D eigenvalue weighted by molar-refractivity contribution is 5.94. The van der Waals surface area contributed by atoms with E-state index in [-0.39, 0.29) is 25.4 Å². The second kappa shape index (κ2) is 9.56. The van der Waals surface area contributed by atoms with Crippen molar-refractivity contribution >= 4 is 18.0 Å². The van der Waals surface area contributed by atoms with Crippen molar-refractivity contribution in [1.82, 2.24) is 5.32 Å². The van der Waals surface area contributed by atoms with Crippen LogP contribution in [0.25, 0.3) is 11.1 Å². The predicted molar refractivity (Wildman–Crippen MR) is 123 cm³/mol. The zero-order valence-electron chi connectivity index (χ0n) is 17.9. The number of amides is 2. The Labute approximate surface area is 191 Å². The summed E-state index contributed by atoms with van der Waals surface area (Å²) < 4.78 is 5.45. The molecular formula is C26H24N2O5. The number of rotatable bonds is 8. The Morgan fingerprint density at radius 2 is 1.48 bits per heavy atom. The summed E-state index contributed by atoms with van der Waals surface area (Å²) >= 11 is 0. The van der Waals surface area contributed by atoms with E-state index in [0.29, 0.717) is 11.1 Å². The van der Waals surface area contributed by atoms with E-state index in [1.54, 1.807) is 24.3 Å². The minimum absolute atomic E-state index is 0.0871. The fourth-order valence-electron chi connectivity index (χ4n) is 4.32. The summed E-state index contributed by atoms with van der Waals surface area (Å²) in [6, 6.07) is 21.5. The first-order chi connectivity index (χ1) is 16.0. The van der Waals surface area contributed by atoms with Gasteiger partial charge in [0, 0.05) is 11.5 Å². The summed E-state index contributed by atoms with van der Waals surface area (Å²) in [5.74, 6) is -1.88. The number of ether oxygens (including phenoxy) is 1. The molecule has 1 atom stereocenters. The number of aliphatic carboxylic acids is 1. The van der Waals surface area contributed by atoms with E-state index < -0.39 is 24.0 Å². The number of primary amides is 1. The zero-order valence-corrected chi connectivity index (χ0v) is 17.9. The molecule has 0 saturated carbocycles. The Bertz CT molecular complexity index is 1160. The number of hydrogen-bond donors (Lipinski definition) is 3. The van der Waals surface area contributed by atoms with Crippen LogP contribution in [-0.4, -0.2) is 35.7 Å². The maximum absolute atomic E-state index is 12.5. The smallest absolute Gasteiger partial charge is 0.407 e. The maximum Gasteiger partial charge on any atom is 0.407 e. The topological polar surface area (TPSA) is 119 Å². The van der Waals surface area contributed by atoms with E-state index in [0.717, 1.165) is 22.3 Å². The first-order valence-corrected chi connectivity index (χ1v) is 10.7. The number of aryl methyl sites for hydroxylation is 1. The van der Waals surface area contributed by atoms with Crippen LogP contribution in [0.1, 0.15) is 39.4 Å². The Hall–Kier alpha value is -4.13. The molecule has 1 aliphatic rings. The molecule has 0 spiro atoms. The quantitative estimate of drug-likeness (QED) is 0.489. The number of carboxylic acids is 1. The molecule has 0 aromatic heterocycles. The molecule has 2 amide bonds. The van der Waals surface area contributed by atoms with Crippen molar-refractivity contribution in [3.8, 4) is 11.1 Å². The summed E-state index contributed by atoms with van der Waals surface area (Å²) in [7, 11) is 0. The molecule has 7 nitrogen and oxygen atoms in total. The van der Waals surface area contributed by atoms with Crippen LogP contribution in [0.3, 0.4) is 0 Å². The summed E-state index contributed by atoms with van der Waals surface area (Å²) in [6.07, 6.45) is -0.448. The van der Waals surface area contributed by atoms with Gasteiger partial charge in [-0.2, -0.15) is 0 Å². The number of carboxylic acid groups (broad SMARTS) is 1. The second-order valence-electron chi connectivity index (χ2n) is 7.92. The van der Waals surface area contributed by atoms with Gasteiger partial charge in [-0.3, -0.25) is 4.79 Å². The number of hydrogen-bond acceptors (Lipinski definition) is 4. The molecule has 7 heteroatoms. The Balaban J connectivity index is 1.40. The maximum atomic E-state index is 12.5. The molecular weight excluding hydrogens is 420 g/mol. The van der Waals surface area contributed by atoms with Crippen molar-refractivity contribution in [3.63, 3.8) is 0 Å². The Morgan fingerprint density at radius 1 is 0.909 bits per heavy atom. The standard InChI is InChI=1S/C26H24N2O5/c27-24(29)17-8-2-1-7-16(17)13-14-23(25(30)31)28-26(32)33-15-22-20-11-5-3-9-18(20)19-10-4-6-12-21(19)22/h1-12,22-23H,13-15H2,(H2,27,29)(H,28,32)(H,30,31)/t23-/m0/s1. The van der Waals surface area contributed by atoms with Crippen molar-refractivity contribution in [2.75, 3.05) is 6.61 Å². The van der Waals surface area contributed by atoms with Crippen molar-refractivity contribution in [2.24, 2.45) is 5.73 Å². The number of nitrogens with one attached hydrogen (secondary N) is 1. The first kappa shape index (κ1) is 22.1. The van der Waals surface area contributed by atoms with Gasteiger partial charge in [0.05, 0.1) is 0 Å². The molecule has 0 radical (unpaired) electrons. The highest BCUT2D eigenvalue weighted by atomic mass is 16.5. The van der Waals surface area contributed by atoms with Crippen LogP contribution in [0.2, 0.25) is 0 Å². The van der Waals surface area contributed by atoms with Crippen LogP contribution in [0.5, 0.6) is 0 Å². The molecule has 168 valence electrons. The molecule has 3 aromatic rings. The summed E-state index contributed by atoms with van der Waals surface area (Å²) in [5.41, 5.74) is 10.7. The normalized spacial score (nSPS) is 13.0. The summed E-state index contributed by atoms with van der Waals surface area (Å²) in [5, 5.41) is 12.0. The highest BCUT2D eigenvalue weighted by Gasteiger charge is 2.29. The van der Waals surface area contributed by atoms with E-state index in [4.69, 9.17) is 10.5 Å². The first-order valence-electron chi connectivity index (χ1n) is 10.7. The van der Waals surface area contributed by atoms with Gasteiger partial charge < -0.3 is 20.9 Å². The zero-order chi connectivity index (χ0) is 23.4. The second-order valence-corrected chi connectivity index (χ2v) is 7.92. The summed E-state index contributed by atoms with van der Waals surface area (Å²) in [6.45, 7) is 0.0940.